The van der Waals surface area contributed by atoms with E-state index in [1.165, 1.54) is 6.07 Å². The van der Waals surface area contributed by atoms with Crippen LogP contribution in [0.1, 0.15) is 5.56 Å². The molecule has 0 aliphatic heterocycles. The van der Waals surface area contributed by atoms with Crippen molar-refractivity contribution >= 4 is 34.8 Å². The van der Waals surface area contributed by atoms with Crippen LogP contribution in [0.3, 0.4) is 0 Å². The molecule has 7 heteroatoms. The van der Waals surface area contributed by atoms with Crippen molar-refractivity contribution in [3.63, 3.8) is 0 Å². The fourth-order valence-electron chi connectivity index (χ4n) is 2.35. The molecular formula is C19H15Cl2N3O2. The topological polar surface area (TPSA) is 64.0 Å². The van der Waals surface area contributed by atoms with Crippen molar-refractivity contribution in [1.29, 1.82) is 0 Å². The molecule has 1 amide bonds. The number of carbonyl (C=O) groups is 1. The van der Waals surface area contributed by atoms with Crippen molar-refractivity contribution < 1.29 is 4.79 Å². The largest absolute Gasteiger partial charge is 0.324 e. The molecule has 1 N–H and O–H groups in total. The number of nitrogens with zero attached hydrogens (tertiary/aromatic N) is 2. The van der Waals surface area contributed by atoms with Gasteiger partial charge in [0.05, 0.1) is 15.7 Å². The van der Waals surface area contributed by atoms with Crippen LogP contribution in [0.2, 0.25) is 10.0 Å². The molecule has 0 atom stereocenters. The summed E-state index contributed by atoms with van der Waals surface area (Å²) in [6.45, 7) is 1.78. The SMILES string of the molecule is Cc1ccc(-c2ccc(=O)n(CC(=O)Nc3ccc(Cl)c(Cl)c3)n2)cc1. The van der Waals surface area contributed by atoms with E-state index in [-0.39, 0.29) is 18.0 Å². The third-order valence-electron chi connectivity index (χ3n) is 3.71. The van der Waals surface area contributed by atoms with Crippen molar-refractivity contribution in [2.24, 2.45) is 0 Å². The Hall–Kier alpha value is -2.63. The molecule has 0 aliphatic carbocycles. The molecule has 3 rings (SSSR count). The zero-order chi connectivity index (χ0) is 18.7. The summed E-state index contributed by atoms with van der Waals surface area (Å²) < 4.78 is 1.13. The summed E-state index contributed by atoms with van der Waals surface area (Å²) in [4.78, 5) is 24.3. The van der Waals surface area contributed by atoms with E-state index < -0.39 is 0 Å². The van der Waals surface area contributed by atoms with Crippen LogP contribution in [0.25, 0.3) is 11.3 Å². The number of halogens is 2. The lowest BCUT2D eigenvalue weighted by Crippen LogP contribution is -2.29. The lowest BCUT2D eigenvalue weighted by molar-refractivity contribution is -0.117. The molecule has 0 saturated heterocycles. The Labute approximate surface area is 160 Å². The first-order chi connectivity index (χ1) is 12.4. The second-order valence-corrected chi connectivity index (χ2v) is 6.57. The maximum absolute atomic E-state index is 12.2. The smallest absolute Gasteiger partial charge is 0.267 e. The highest BCUT2D eigenvalue weighted by molar-refractivity contribution is 6.42. The summed E-state index contributed by atoms with van der Waals surface area (Å²) in [6, 6.07) is 15.6. The lowest BCUT2D eigenvalue weighted by atomic mass is 10.1. The predicted molar refractivity (Wildman–Crippen MR) is 104 cm³/mol. The number of anilines is 1. The van der Waals surface area contributed by atoms with Crippen molar-refractivity contribution in [3.8, 4) is 11.3 Å². The van der Waals surface area contributed by atoms with Gasteiger partial charge in [0.15, 0.2) is 0 Å². The van der Waals surface area contributed by atoms with E-state index in [0.29, 0.717) is 21.4 Å². The van der Waals surface area contributed by atoms with Gasteiger partial charge in [-0.05, 0) is 31.2 Å². The van der Waals surface area contributed by atoms with E-state index in [0.717, 1.165) is 15.8 Å². The molecule has 1 aromatic heterocycles. The fourth-order valence-corrected chi connectivity index (χ4v) is 2.65. The standard InChI is InChI=1S/C19H15Cl2N3O2/c1-12-2-4-13(5-3-12)17-8-9-19(26)24(23-17)11-18(25)22-14-6-7-15(20)16(21)10-14/h2-10H,11H2,1H3,(H,22,25). The Morgan fingerprint density at radius 3 is 2.46 bits per heavy atom. The number of amides is 1. The first-order valence-corrected chi connectivity index (χ1v) is 8.58. The summed E-state index contributed by atoms with van der Waals surface area (Å²) in [6.07, 6.45) is 0. The number of hydrogen-bond acceptors (Lipinski definition) is 3. The van der Waals surface area contributed by atoms with Crippen LogP contribution >= 0.6 is 23.2 Å². The molecule has 26 heavy (non-hydrogen) atoms. The van der Waals surface area contributed by atoms with E-state index in [1.54, 1.807) is 24.3 Å². The molecule has 0 saturated carbocycles. The van der Waals surface area contributed by atoms with Crippen molar-refractivity contribution in [2.75, 3.05) is 5.32 Å². The summed E-state index contributed by atoms with van der Waals surface area (Å²) in [5.41, 5.74) is 2.75. The van der Waals surface area contributed by atoms with E-state index >= 15 is 0 Å². The minimum Gasteiger partial charge on any atom is -0.324 e. The number of nitrogens with one attached hydrogen (secondary N) is 1. The Kier molecular flexibility index (Phi) is 5.40. The molecule has 132 valence electrons. The Balaban J connectivity index is 1.79. The maximum atomic E-state index is 12.2. The van der Waals surface area contributed by atoms with Gasteiger partial charge in [0.1, 0.15) is 6.54 Å². The van der Waals surface area contributed by atoms with E-state index in [2.05, 4.69) is 10.4 Å². The second-order valence-electron chi connectivity index (χ2n) is 5.76. The van der Waals surface area contributed by atoms with Crippen molar-refractivity contribution in [1.82, 2.24) is 9.78 Å². The second kappa shape index (κ2) is 7.72. The zero-order valence-corrected chi connectivity index (χ0v) is 15.4. The summed E-state index contributed by atoms with van der Waals surface area (Å²) in [5, 5.41) is 7.68. The van der Waals surface area contributed by atoms with Gasteiger partial charge in [-0.1, -0.05) is 53.0 Å². The lowest BCUT2D eigenvalue weighted by Gasteiger charge is -2.09. The molecular weight excluding hydrogens is 373 g/mol. The highest BCUT2D eigenvalue weighted by atomic mass is 35.5. The Bertz CT molecular complexity index is 1010. The number of aryl methyl sites for hydroxylation is 1. The number of hydrogen-bond donors (Lipinski definition) is 1. The third-order valence-corrected chi connectivity index (χ3v) is 4.45. The predicted octanol–water partition coefficient (Wildman–Crippen LogP) is 4.16. The normalized spacial score (nSPS) is 10.6. The van der Waals surface area contributed by atoms with Crippen LogP contribution in [-0.4, -0.2) is 15.7 Å². The van der Waals surface area contributed by atoms with Crippen LogP contribution in [0.4, 0.5) is 5.69 Å². The molecule has 0 bridgehead atoms. The molecule has 0 spiro atoms. The molecule has 5 nitrogen and oxygen atoms in total. The van der Waals surface area contributed by atoms with Gasteiger partial charge in [-0.2, -0.15) is 5.10 Å². The first-order valence-electron chi connectivity index (χ1n) is 7.82. The Morgan fingerprint density at radius 2 is 1.77 bits per heavy atom. The van der Waals surface area contributed by atoms with E-state index in [4.69, 9.17) is 23.2 Å². The quantitative estimate of drug-likeness (QED) is 0.730. The molecule has 2 aromatic carbocycles. The van der Waals surface area contributed by atoms with Gasteiger partial charge in [-0.15, -0.1) is 0 Å². The fraction of sp³-hybridized carbons (Fsp3) is 0.105. The van der Waals surface area contributed by atoms with Gasteiger partial charge in [0, 0.05) is 17.3 Å². The monoisotopic (exact) mass is 387 g/mol. The minimum absolute atomic E-state index is 0.210. The maximum Gasteiger partial charge on any atom is 0.267 e. The third kappa shape index (κ3) is 4.31. The molecule has 0 aliphatic rings. The number of aromatic nitrogens is 2. The van der Waals surface area contributed by atoms with Gasteiger partial charge in [0.25, 0.3) is 5.56 Å². The molecule has 3 aromatic rings. The first kappa shape index (κ1) is 18.2. The van der Waals surface area contributed by atoms with Crippen LogP contribution in [0, 0.1) is 6.92 Å². The Morgan fingerprint density at radius 1 is 1.04 bits per heavy atom. The molecule has 0 unspecified atom stereocenters. The van der Waals surface area contributed by atoms with Gasteiger partial charge < -0.3 is 5.32 Å². The van der Waals surface area contributed by atoms with Crippen molar-refractivity contribution in [3.05, 3.63) is 80.6 Å². The highest BCUT2D eigenvalue weighted by Gasteiger charge is 2.09. The average Bonchev–Trinajstić information content (AvgIpc) is 2.61. The number of carbonyl (C=O) groups excluding carboxylic acids is 1. The van der Waals surface area contributed by atoms with Gasteiger partial charge in [-0.3, -0.25) is 9.59 Å². The van der Waals surface area contributed by atoms with Gasteiger partial charge in [0.2, 0.25) is 5.91 Å². The number of rotatable bonds is 4. The average molecular weight is 388 g/mol. The van der Waals surface area contributed by atoms with E-state index in [1.807, 2.05) is 31.2 Å². The minimum atomic E-state index is -0.390. The highest BCUT2D eigenvalue weighted by Crippen LogP contribution is 2.25. The molecule has 1 heterocycles. The number of benzene rings is 2. The van der Waals surface area contributed by atoms with Gasteiger partial charge in [-0.25, -0.2) is 4.68 Å². The summed E-state index contributed by atoms with van der Waals surface area (Å²) >= 11 is 11.8. The van der Waals surface area contributed by atoms with Crippen molar-refractivity contribution in [2.45, 2.75) is 13.5 Å². The van der Waals surface area contributed by atoms with Crippen LogP contribution < -0.4 is 10.9 Å². The zero-order valence-electron chi connectivity index (χ0n) is 13.9. The summed E-state index contributed by atoms with van der Waals surface area (Å²) in [5.74, 6) is -0.390. The molecule has 0 radical (unpaired) electrons. The summed E-state index contributed by atoms with van der Waals surface area (Å²) in [7, 11) is 0. The van der Waals surface area contributed by atoms with Crippen LogP contribution in [0.5, 0.6) is 0 Å². The van der Waals surface area contributed by atoms with Crippen LogP contribution in [-0.2, 0) is 11.3 Å². The van der Waals surface area contributed by atoms with Crippen LogP contribution in [0.15, 0.2) is 59.4 Å². The van der Waals surface area contributed by atoms with Gasteiger partial charge >= 0.3 is 0 Å². The molecule has 0 fully saturated rings. The van der Waals surface area contributed by atoms with E-state index in [9.17, 15) is 9.59 Å².